The van der Waals surface area contributed by atoms with Crippen molar-refractivity contribution in [1.82, 2.24) is 15.1 Å². The number of hydrogen-bond acceptors (Lipinski definition) is 3. The second kappa shape index (κ2) is 8.64. The molecule has 4 nitrogen and oxygen atoms in total. The Balaban J connectivity index is 1.49. The largest absolute Gasteiger partial charge is 0.348 e. The Kier molecular flexibility index (Phi) is 6.00. The molecule has 0 spiro atoms. The SMILES string of the molecule is CN1CCN(C2CCCc3ccc(C(=O)NCc4ccccc4Cl)cc32)CC1. The Morgan fingerprint density at radius 1 is 1.14 bits per heavy atom. The van der Waals surface area contributed by atoms with Crippen LogP contribution < -0.4 is 5.32 Å². The van der Waals surface area contributed by atoms with Crippen molar-refractivity contribution in [2.45, 2.75) is 31.8 Å². The summed E-state index contributed by atoms with van der Waals surface area (Å²) in [7, 11) is 2.19. The maximum absolute atomic E-state index is 12.8. The summed E-state index contributed by atoms with van der Waals surface area (Å²) in [6.45, 7) is 4.87. The van der Waals surface area contributed by atoms with Gasteiger partial charge in [0.05, 0.1) is 0 Å². The maximum Gasteiger partial charge on any atom is 0.251 e. The highest BCUT2D eigenvalue weighted by atomic mass is 35.5. The Morgan fingerprint density at radius 2 is 1.93 bits per heavy atom. The number of amides is 1. The summed E-state index contributed by atoms with van der Waals surface area (Å²) in [6, 6.07) is 14.3. The van der Waals surface area contributed by atoms with Gasteiger partial charge >= 0.3 is 0 Å². The molecule has 1 fully saturated rings. The predicted octanol–water partition coefficient (Wildman–Crippen LogP) is 3.89. The van der Waals surface area contributed by atoms with Crippen LogP contribution in [0.15, 0.2) is 42.5 Å². The van der Waals surface area contributed by atoms with Crippen LogP contribution >= 0.6 is 11.6 Å². The lowest BCUT2D eigenvalue weighted by Crippen LogP contribution is -2.46. The van der Waals surface area contributed by atoms with Crippen molar-refractivity contribution in [3.05, 3.63) is 69.7 Å². The van der Waals surface area contributed by atoms with Crippen LogP contribution in [0.5, 0.6) is 0 Å². The highest BCUT2D eigenvalue weighted by Gasteiger charge is 2.28. The molecule has 1 aliphatic carbocycles. The Morgan fingerprint density at radius 3 is 2.71 bits per heavy atom. The summed E-state index contributed by atoms with van der Waals surface area (Å²) in [4.78, 5) is 17.8. The molecule has 0 radical (unpaired) electrons. The van der Waals surface area contributed by atoms with Gasteiger partial charge in [0, 0.05) is 49.4 Å². The van der Waals surface area contributed by atoms with E-state index >= 15 is 0 Å². The number of rotatable bonds is 4. The van der Waals surface area contributed by atoms with E-state index in [1.807, 2.05) is 30.3 Å². The number of halogens is 1. The van der Waals surface area contributed by atoms with E-state index in [-0.39, 0.29) is 5.91 Å². The molecule has 148 valence electrons. The lowest BCUT2D eigenvalue weighted by molar-refractivity contribution is 0.0947. The van der Waals surface area contributed by atoms with Crippen LogP contribution in [0.25, 0.3) is 0 Å². The number of benzene rings is 2. The van der Waals surface area contributed by atoms with E-state index in [0.717, 1.165) is 43.7 Å². The molecule has 2 aliphatic rings. The normalized spacial score (nSPS) is 20.6. The zero-order valence-electron chi connectivity index (χ0n) is 16.5. The lowest BCUT2D eigenvalue weighted by Gasteiger charge is -2.40. The first-order valence-corrected chi connectivity index (χ1v) is 10.6. The summed E-state index contributed by atoms with van der Waals surface area (Å²) in [6.07, 6.45) is 3.52. The van der Waals surface area contributed by atoms with E-state index in [4.69, 9.17) is 11.6 Å². The van der Waals surface area contributed by atoms with Crippen LogP contribution in [-0.2, 0) is 13.0 Å². The first-order valence-electron chi connectivity index (χ1n) is 10.2. The second-order valence-electron chi connectivity index (χ2n) is 7.93. The number of hydrogen-bond donors (Lipinski definition) is 1. The van der Waals surface area contributed by atoms with Gasteiger partial charge in [-0.2, -0.15) is 0 Å². The van der Waals surface area contributed by atoms with Crippen molar-refractivity contribution in [2.75, 3.05) is 33.2 Å². The summed E-state index contributed by atoms with van der Waals surface area (Å²) in [5, 5.41) is 3.70. The molecule has 28 heavy (non-hydrogen) atoms. The zero-order chi connectivity index (χ0) is 19.5. The van der Waals surface area contributed by atoms with E-state index < -0.39 is 0 Å². The molecule has 5 heteroatoms. The molecule has 1 N–H and O–H groups in total. The van der Waals surface area contributed by atoms with E-state index in [1.165, 1.54) is 24.0 Å². The molecule has 4 rings (SSSR count). The molecule has 1 atom stereocenters. The highest BCUT2D eigenvalue weighted by Crippen LogP contribution is 2.35. The first-order chi connectivity index (χ1) is 13.6. The minimum Gasteiger partial charge on any atom is -0.348 e. The quantitative estimate of drug-likeness (QED) is 0.849. The standard InChI is InChI=1S/C23H28ClN3O/c1-26-11-13-27(14-12-26)22-8-4-6-17-9-10-18(15-20(17)22)23(28)25-16-19-5-2-3-7-21(19)24/h2-3,5,7,9-10,15,22H,4,6,8,11-14,16H2,1H3,(H,25,28). The molecule has 0 bridgehead atoms. The molecule has 1 saturated heterocycles. The molecule has 1 heterocycles. The second-order valence-corrected chi connectivity index (χ2v) is 8.34. The minimum atomic E-state index is -0.0366. The van der Waals surface area contributed by atoms with E-state index in [9.17, 15) is 4.79 Å². The van der Waals surface area contributed by atoms with Crippen LogP contribution in [0, 0.1) is 0 Å². The van der Waals surface area contributed by atoms with Crippen LogP contribution in [0.2, 0.25) is 5.02 Å². The van der Waals surface area contributed by atoms with Crippen molar-refractivity contribution < 1.29 is 4.79 Å². The van der Waals surface area contributed by atoms with Crippen LogP contribution in [-0.4, -0.2) is 48.9 Å². The Bertz CT molecular complexity index is 845. The summed E-state index contributed by atoms with van der Waals surface area (Å²) in [5.41, 5.74) is 4.43. The third-order valence-electron chi connectivity index (χ3n) is 6.07. The summed E-state index contributed by atoms with van der Waals surface area (Å²) >= 11 is 6.20. The van der Waals surface area contributed by atoms with E-state index in [0.29, 0.717) is 17.6 Å². The topological polar surface area (TPSA) is 35.6 Å². The predicted molar refractivity (Wildman–Crippen MR) is 114 cm³/mol. The van der Waals surface area contributed by atoms with Crippen molar-refractivity contribution >= 4 is 17.5 Å². The lowest BCUT2D eigenvalue weighted by atomic mass is 9.85. The number of nitrogens with one attached hydrogen (secondary N) is 1. The van der Waals surface area contributed by atoms with Crippen molar-refractivity contribution in [3.63, 3.8) is 0 Å². The molecule has 2 aromatic rings. The van der Waals surface area contributed by atoms with Crippen LogP contribution in [0.3, 0.4) is 0 Å². The van der Waals surface area contributed by atoms with Gasteiger partial charge < -0.3 is 10.2 Å². The summed E-state index contributed by atoms with van der Waals surface area (Å²) in [5.74, 6) is -0.0366. The van der Waals surface area contributed by atoms with Crippen LogP contribution in [0.4, 0.5) is 0 Å². The molecule has 1 aliphatic heterocycles. The highest BCUT2D eigenvalue weighted by molar-refractivity contribution is 6.31. The fourth-order valence-electron chi connectivity index (χ4n) is 4.35. The Labute approximate surface area is 172 Å². The monoisotopic (exact) mass is 397 g/mol. The Hall–Kier alpha value is -1.88. The fraction of sp³-hybridized carbons (Fsp3) is 0.435. The van der Waals surface area contributed by atoms with E-state index in [2.05, 4.69) is 34.3 Å². The van der Waals surface area contributed by atoms with Gasteiger partial charge in [0.1, 0.15) is 0 Å². The molecule has 0 aromatic heterocycles. The first kappa shape index (κ1) is 19.4. The number of carbonyl (C=O) groups excluding carboxylic acids is 1. The number of piperazine rings is 1. The van der Waals surface area contributed by atoms with Gasteiger partial charge in [-0.1, -0.05) is 35.9 Å². The number of aryl methyl sites for hydroxylation is 1. The number of nitrogens with zero attached hydrogens (tertiary/aromatic N) is 2. The van der Waals surface area contributed by atoms with Crippen LogP contribution in [0.1, 0.15) is 45.9 Å². The molecular weight excluding hydrogens is 370 g/mol. The molecule has 0 saturated carbocycles. The average molecular weight is 398 g/mol. The van der Waals surface area contributed by atoms with E-state index in [1.54, 1.807) is 0 Å². The molecule has 2 aromatic carbocycles. The average Bonchev–Trinajstić information content (AvgIpc) is 2.73. The van der Waals surface area contributed by atoms with Gasteiger partial charge in [0.15, 0.2) is 0 Å². The third kappa shape index (κ3) is 4.24. The number of fused-ring (bicyclic) bond motifs is 1. The van der Waals surface area contributed by atoms with Gasteiger partial charge in [-0.3, -0.25) is 9.69 Å². The molecule has 1 amide bonds. The maximum atomic E-state index is 12.8. The van der Waals surface area contributed by atoms with Gasteiger partial charge in [-0.25, -0.2) is 0 Å². The third-order valence-corrected chi connectivity index (χ3v) is 6.44. The van der Waals surface area contributed by atoms with Crippen molar-refractivity contribution in [1.29, 1.82) is 0 Å². The van der Waals surface area contributed by atoms with Gasteiger partial charge in [-0.05, 0) is 61.2 Å². The molecular formula is C23H28ClN3O. The zero-order valence-corrected chi connectivity index (χ0v) is 17.2. The van der Waals surface area contributed by atoms with Crippen molar-refractivity contribution in [3.8, 4) is 0 Å². The van der Waals surface area contributed by atoms with Gasteiger partial charge in [0.25, 0.3) is 5.91 Å². The van der Waals surface area contributed by atoms with Crippen molar-refractivity contribution in [2.24, 2.45) is 0 Å². The number of carbonyl (C=O) groups is 1. The number of likely N-dealkylation sites (N-methyl/N-ethyl adjacent to an activating group) is 1. The molecule has 1 unspecified atom stereocenters. The smallest absolute Gasteiger partial charge is 0.251 e. The minimum absolute atomic E-state index is 0.0366. The van der Waals surface area contributed by atoms with Gasteiger partial charge in [-0.15, -0.1) is 0 Å². The summed E-state index contributed by atoms with van der Waals surface area (Å²) < 4.78 is 0. The van der Waals surface area contributed by atoms with Gasteiger partial charge in [0.2, 0.25) is 0 Å². The fourth-order valence-corrected chi connectivity index (χ4v) is 4.55.